The number of rotatable bonds is 13. The van der Waals surface area contributed by atoms with E-state index in [0.29, 0.717) is 25.7 Å². The summed E-state index contributed by atoms with van der Waals surface area (Å²) in [4.78, 5) is 10.5. The summed E-state index contributed by atoms with van der Waals surface area (Å²) in [5, 5.41) is 39.4. The Morgan fingerprint density at radius 3 is 2.41 bits per heavy atom. The average molecular weight is 412 g/mol. The molecule has 1 aliphatic carbocycles. The van der Waals surface area contributed by atoms with Gasteiger partial charge in [-0.15, -0.1) is 0 Å². The van der Waals surface area contributed by atoms with E-state index in [4.69, 9.17) is 9.84 Å². The van der Waals surface area contributed by atoms with E-state index in [2.05, 4.69) is 0 Å². The van der Waals surface area contributed by atoms with Crippen LogP contribution in [0, 0.1) is 17.7 Å². The fourth-order valence-corrected chi connectivity index (χ4v) is 4.21. The highest BCUT2D eigenvalue weighted by atomic mass is 19.1. The summed E-state index contributed by atoms with van der Waals surface area (Å²) in [6, 6.07) is 6.03. The van der Waals surface area contributed by atoms with Crippen LogP contribution in [0.15, 0.2) is 24.3 Å². The van der Waals surface area contributed by atoms with Crippen molar-refractivity contribution in [2.75, 3.05) is 6.61 Å². The summed E-state index contributed by atoms with van der Waals surface area (Å²) in [6.07, 6.45) is 3.61. The summed E-state index contributed by atoms with van der Waals surface area (Å²) in [6.45, 7) is -0.0272. The second kappa shape index (κ2) is 12.1. The number of hydrogen-bond acceptors (Lipinski definition) is 5. The van der Waals surface area contributed by atoms with E-state index < -0.39 is 30.1 Å². The van der Waals surface area contributed by atoms with Crippen molar-refractivity contribution in [1.82, 2.24) is 0 Å². The van der Waals surface area contributed by atoms with Crippen LogP contribution in [-0.2, 0) is 4.79 Å². The zero-order valence-electron chi connectivity index (χ0n) is 16.8. The number of carbonyl (C=O) groups is 1. The van der Waals surface area contributed by atoms with Gasteiger partial charge >= 0.3 is 5.97 Å². The Labute approximate surface area is 171 Å². The van der Waals surface area contributed by atoms with Crippen molar-refractivity contribution in [3.8, 4) is 5.75 Å². The van der Waals surface area contributed by atoms with Gasteiger partial charge < -0.3 is 25.2 Å². The van der Waals surface area contributed by atoms with Gasteiger partial charge in [0.2, 0.25) is 0 Å². The molecule has 0 aliphatic heterocycles. The normalized spacial score (nSPS) is 25.1. The molecular formula is C22H33FO6. The first-order valence-corrected chi connectivity index (χ1v) is 10.5. The fraction of sp³-hybridized carbons (Fsp3) is 0.682. The SMILES string of the molecule is O=C(O)CCCCCC[C@@H]1[C@@H](CC[C@@H](O)COc2ccccc2F)[C@H](O)C[C@@H]1O. The second-order valence-corrected chi connectivity index (χ2v) is 8.02. The Kier molecular flexibility index (Phi) is 9.84. The highest BCUT2D eigenvalue weighted by molar-refractivity contribution is 5.66. The van der Waals surface area contributed by atoms with Crippen LogP contribution >= 0.6 is 0 Å². The number of hydrogen-bond donors (Lipinski definition) is 4. The Morgan fingerprint density at radius 2 is 1.72 bits per heavy atom. The molecule has 4 N–H and O–H groups in total. The quantitative estimate of drug-likeness (QED) is 0.371. The lowest BCUT2D eigenvalue weighted by molar-refractivity contribution is -0.137. The topological polar surface area (TPSA) is 107 Å². The van der Waals surface area contributed by atoms with Gasteiger partial charge in [0.1, 0.15) is 6.61 Å². The molecule has 0 saturated heterocycles. The first-order valence-electron chi connectivity index (χ1n) is 10.5. The van der Waals surface area contributed by atoms with Gasteiger partial charge in [0, 0.05) is 6.42 Å². The van der Waals surface area contributed by atoms with Gasteiger partial charge in [-0.2, -0.15) is 0 Å². The van der Waals surface area contributed by atoms with E-state index in [-0.39, 0.29) is 30.6 Å². The second-order valence-electron chi connectivity index (χ2n) is 8.02. The largest absolute Gasteiger partial charge is 0.488 e. The van der Waals surface area contributed by atoms with Crippen LogP contribution in [0.1, 0.15) is 57.8 Å². The highest BCUT2D eigenvalue weighted by Crippen LogP contribution is 2.39. The Balaban J connectivity index is 1.72. The van der Waals surface area contributed by atoms with Crippen molar-refractivity contribution in [3.63, 3.8) is 0 Å². The minimum atomic E-state index is -0.781. The lowest BCUT2D eigenvalue weighted by Gasteiger charge is -2.24. The number of halogens is 1. The monoisotopic (exact) mass is 412 g/mol. The molecule has 0 radical (unpaired) electrons. The molecule has 7 heteroatoms. The zero-order valence-corrected chi connectivity index (χ0v) is 16.8. The fourth-order valence-electron chi connectivity index (χ4n) is 4.21. The van der Waals surface area contributed by atoms with E-state index in [9.17, 15) is 24.5 Å². The number of aliphatic hydroxyl groups is 3. The minimum absolute atomic E-state index is 0.0239. The maximum absolute atomic E-state index is 13.6. The van der Waals surface area contributed by atoms with E-state index in [1.165, 1.54) is 12.1 Å². The van der Waals surface area contributed by atoms with Crippen LogP contribution in [0.5, 0.6) is 5.75 Å². The molecule has 29 heavy (non-hydrogen) atoms. The van der Waals surface area contributed by atoms with Crippen molar-refractivity contribution >= 4 is 5.97 Å². The zero-order chi connectivity index (χ0) is 21.2. The third-order valence-electron chi connectivity index (χ3n) is 5.80. The van der Waals surface area contributed by atoms with Crippen LogP contribution in [0.2, 0.25) is 0 Å². The highest BCUT2D eigenvalue weighted by Gasteiger charge is 2.40. The van der Waals surface area contributed by atoms with Crippen molar-refractivity contribution in [3.05, 3.63) is 30.1 Å². The summed E-state index contributed by atoms with van der Waals surface area (Å²) in [5.41, 5.74) is 0. The Hall–Kier alpha value is -1.70. The summed E-state index contributed by atoms with van der Waals surface area (Å²) in [5.74, 6) is -1.27. The number of aliphatic carboxylic acids is 1. The Bertz CT molecular complexity index is 625. The average Bonchev–Trinajstić information content (AvgIpc) is 2.94. The Morgan fingerprint density at radius 1 is 1.07 bits per heavy atom. The van der Waals surface area contributed by atoms with Crippen LogP contribution in [0.25, 0.3) is 0 Å². The molecule has 1 aromatic carbocycles. The molecule has 0 bridgehead atoms. The van der Waals surface area contributed by atoms with Gasteiger partial charge in [0.25, 0.3) is 0 Å². The number of carboxylic acid groups (broad SMARTS) is 1. The predicted octanol–water partition coefficient (Wildman–Crippen LogP) is 3.13. The van der Waals surface area contributed by atoms with E-state index in [0.717, 1.165) is 25.7 Å². The predicted molar refractivity (Wildman–Crippen MR) is 106 cm³/mol. The number of carboxylic acids is 1. The van der Waals surface area contributed by atoms with Gasteiger partial charge in [-0.3, -0.25) is 4.79 Å². The van der Waals surface area contributed by atoms with Crippen molar-refractivity contribution in [1.29, 1.82) is 0 Å². The van der Waals surface area contributed by atoms with E-state index in [1.807, 2.05) is 0 Å². The molecule has 1 aromatic rings. The molecule has 0 spiro atoms. The maximum atomic E-state index is 13.6. The molecule has 5 atom stereocenters. The van der Waals surface area contributed by atoms with Gasteiger partial charge in [0.05, 0.1) is 18.3 Å². The summed E-state index contributed by atoms with van der Waals surface area (Å²) >= 11 is 0. The lowest BCUT2D eigenvalue weighted by atomic mass is 9.85. The maximum Gasteiger partial charge on any atom is 0.303 e. The van der Waals surface area contributed by atoms with Crippen LogP contribution in [-0.4, -0.2) is 51.3 Å². The minimum Gasteiger partial charge on any atom is -0.488 e. The molecule has 0 amide bonds. The number of ether oxygens (including phenoxy) is 1. The number of para-hydroxylation sites is 1. The first-order chi connectivity index (χ1) is 13.9. The van der Waals surface area contributed by atoms with Crippen LogP contribution in [0.3, 0.4) is 0 Å². The molecule has 164 valence electrons. The molecule has 1 fully saturated rings. The third kappa shape index (κ3) is 7.91. The van der Waals surface area contributed by atoms with Crippen LogP contribution in [0.4, 0.5) is 4.39 Å². The molecule has 1 aliphatic rings. The van der Waals surface area contributed by atoms with Gasteiger partial charge in [0.15, 0.2) is 11.6 Å². The molecule has 1 saturated carbocycles. The van der Waals surface area contributed by atoms with Crippen LogP contribution < -0.4 is 4.74 Å². The number of aliphatic hydroxyl groups excluding tert-OH is 3. The molecule has 0 aromatic heterocycles. The number of unbranched alkanes of at least 4 members (excludes halogenated alkanes) is 3. The molecular weight excluding hydrogens is 379 g/mol. The standard InChI is InChI=1S/C22H33FO6/c23-18-8-5-6-9-21(18)29-14-15(24)11-12-17-16(19(25)13-20(17)26)7-3-1-2-4-10-22(27)28/h5-6,8-9,15-17,19-20,24-26H,1-4,7,10-14H2,(H,27,28)/t15-,16-,17-,19+,20-/m1/s1. The van der Waals surface area contributed by atoms with Crippen molar-refractivity contribution in [2.24, 2.45) is 11.8 Å². The molecule has 0 unspecified atom stereocenters. The van der Waals surface area contributed by atoms with Gasteiger partial charge in [-0.1, -0.05) is 31.4 Å². The molecule has 2 rings (SSSR count). The van der Waals surface area contributed by atoms with Gasteiger partial charge in [-0.05, 0) is 56.1 Å². The van der Waals surface area contributed by atoms with Crippen molar-refractivity contribution < 1.29 is 34.3 Å². The molecule has 6 nitrogen and oxygen atoms in total. The smallest absolute Gasteiger partial charge is 0.303 e. The van der Waals surface area contributed by atoms with E-state index in [1.54, 1.807) is 12.1 Å². The van der Waals surface area contributed by atoms with Crippen molar-refractivity contribution in [2.45, 2.75) is 76.1 Å². The first kappa shape index (κ1) is 23.6. The summed E-state index contributed by atoms with van der Waals surface area (Å²) < 4.78 is 18.9. The van der Waals surface area contributed by atoms with E-state index >= 15 is 0 Å². The number of benzene rings is 1. The van der Waals surface area contributed by atoms with Gasteiger partial charge in [-0.25, -0.2) is 4.39 Å². The molecule has 0 heterocycles. The summed E-state index contributed by atoms with van der Waals surface area (Å²) in [7, 11) is 0. The third-order valence-corrected chi connectivity index (χ3v) is 5.80. The lowest BCUT2D eigenvalue weighted by Crippen LogP contribution is -2.25.